The van der Waals surface area contributed by atoms with Gasteiger partial charge in [0.05, 0.1) is 5.56 Å². The zero-order valence-corrected chi connectivity index (χ0v) is 12.7. The van der Waals surface area contributed by atoms with Gasteiger partial charge in [0.15, 0.2) is 0 Å². The number of likely N-dealkylation sites (tertiary alicyclic amines) is 1. The molecular weight excluding hydrogens is 341 g/mol. The molecule has 1 unspecified atom stereocenters. The zero-order chi connectivity index (χ0) is 13.3. The lowest BCUT2D eigenvalue weighted by Gasteiger charge is -2.17. The summed E-state index contributed by atoms with van der Waals surface area (Å²) in [6.45, 7) is 4.75. The fourth-order valence-electron chi connectivity index (χ4n) is 2.16. The first kappa shape index (κ1) is 13.5. The number of rotatable bonds is 2. The summed E-state index contributed by atoms with van der Waals surface area (Å²) in [7, 11) is 0. The van der Waals surface area contributed by atoms with Crippen molar-refractivity contribution < 1.29 is 9.59 Å². The molecule has 1 atom stereocenters. The van der Waals surface area contributed by atoms with Crippen molar-refractivity contribution in [1.82, 2.24) is 4.90 Å². The normalized spacial score (nSPS) is 19.7. The van der Waals surface area contributed by atoms with Crippen LogP contribution in [0, 0.1) is 15.4 Å². The van der Waals surface area contributed by atoms with Crippen LogP contribution in [0.2, 0.25) is 0 Å². The maximum absolute atomic E-state index is 12.3. The van der Waals surface area contributed by atoms with Crippen LogP contribution in [0.1, 0.15) is 30.6 Å². The molecule has 0 aromatic heterocycles. The fourth-order valence-corrected chi connectivity index (χ4v) is 2.78. The molecule has 1 saturated heterocycles. The molecule has 1 aromatic rings. The van der Waals surface area contributed by atoms with E-state index >= 15 is 0 Å². The van der Waals surface area contributed by atoms with Gasteiger partial charge in [-0.1, -0.05) is 26.0 Å². The molecule has 18 heavy (non-hydrogen) atoms. The van der Waals surface area contributed by atoms with Crippen molar-refractivity contribution in [1.29, 1.82) is 0 Å². The molecule has 0 aliphatic carbocycles. The maximum atomic E-state index is 12.3. The van der Waals surface area contributed by atoms with Crippen molar-refractivity contribution in [3.05, 3.63) is 33.4 Å². The van der Waals surface area contributed by atoms with Gasteiger partial charge in [-0.2, -0.15) is 0 Å². The number of nitrogens with zero attached hydrogens (tertiary/aromatic N) is 1. The van der Waals surface area contributed by atoms with Crippen molar-refractivity contribution in [3.8, 4) is 0 Å². The highest BCUT2D eigenvalue weighted by Crippen LogP contribution is 2.26. The van der Waals surface area contributed by atoms with E-state index in [1.807, 2.05) is 18.2 Å². The number of benzene rings is 1. The molecule has 1 heterocycles. The van der Waals surface area contributed by atoms with E-state index in [0.29, 0.717) is 30.4 Å². The highest BCUT2D eigenvalue weighted by atomic mass is 127. The van der Waals surface area contributed by atoms with Gasteiger partial charge >= 0.3 is 0 Å². The first-order chi connectivity index (χ1) is 8.50. The van der Waals surface area contributed by atoms with Crippen LogP contribution >= 0.6 is 22.6 Å². The van der Waals surface area contributed by atoms with Gasteiger partial charge in [-0.3, -0.25) is 14.5 Å². The van der Waals surface area contributed by atoms with Gasteiger partial charge in [0, 0.05) is 16.5 Å². The second-order valence-corrected chi connectivity index (χ2v) is 6.16. The molecule has 1 fully saturated rings. The summed E-state index contributed by atoms with van der Waals surface area (Å²) in [5, 5.41) is 0. The highest BCUT2D eigenvalue weighted by Gasteiger charge is 2.35. The van der Waals surface area contributed by atoms with E-state index in [-0.39, 0.29) is 11.8 Å². The molecule has 2 rings (SSSR count). The molecule has 4 heteroatoms. The van der Waals surface area contributed by atoms with Gasteiger partial charge in [-0.05, 0) is 46.6 Å². The minimum atomic E-state index is -0.159. The van der Waals surface area contributed by atoms with Gasteiger partial charge < -0.3 is 0 Å². The molecule has 0 radical (unpaired) electrons. The van der Waals surface area contributed by atoms with Crippen molar-refractivity contribution in [3.63, 3.8) is 0 Å². The summed E-state index contributed by atoms with van der Waals surface area (Å²) in [6.07, 6.45) is 0.493. The number of carbonyl (C=O) groups is 2. The van der Waals surface area contributed by atoms with Crippen molar-refractivity contribution >= 4 is 34.4 Å². The third kappa shape index (κ3) is 2.58. The van der Waals surface area contributed by atoms with Crippen LogP contribution in [0.25, 0.3) is 0 Å². The maximum Gasteiger partial charge on any atom is 0.261 e. The van der Waals surface area contributed by atoms with Gasteiger partial charge in [-0.15, -0.1) is 0 Å². The van der Waals surface area contributed by atoms with E-state index in [9.17, 15) is 9.59 Å². The van der Waals surface area contributed by atoms with Gasteiger partial charge in [-0.25, -0.2) is 0 Å². The second-order valence-electron chi connectivity index (χ2n) is 5.00. The Morgan fingerprint density at radius 1 is 1.39 bits per heavy atom. The van der Waals surface area contributed by atoms with E-state index in [4.69, 9.17) is 0 Å². The number of hydrogen-bond donors (Lipinski definition) is 0. The number of halogens is 1. The molecule has 2 amide bonds. The third-order valence-corrected chi connectivity index (χ3v) is 4.39. The summed E-state index contributed by atoms with van der Waals surface area (Å²) in [6, 6.07) is 7.38. The molecule has 1 aromatic carbocycles. The first-order valence-electron chi connectivity index (χ1n) is 6.10. The largest absolute Gasteiger partial charge is 0.278 e. The summed E-state index contributed by atoms with van der Waals surface area (Å²) < 4.78 is 0.890. The Balaban J connectivity index is 2.21. The zero-order valence-electron chi connectivity index (χ0n) is 10.5. The Labute approximate surface area is 121 Å². The molecule has 1 aliphatic rings. The molecule has 0 bridgehead atoms. The van der Waals surface area contributed by atoms with E-state index in [1.165, 1.54) is 4.90 Å². The van der Waals surface area contributed by atoms with Crippen LogP contribution in [0.5, 0.6) is 0 Å². The molecule has 96 valence electrons. The van der Waals surface area contributed by atoms with E-state index < -0.39 is 0 Å². The van der Waals surface area contributed by atoms with Crippen molar-refractivity contribution in [2.24, 2.45) is 11.8 Å². The van der Waals surface area contributed by atoms with Crippen LogP contribution in [0.3, 0.4) is 0 Å². The van der Waals surface area contributed by atoms with E-state index in [1.54, 1.807) is 6.07 Å². The lowest BCUT2D eigenvalue weighted by Crippen LogP contribution is -2.33. The Kier molecular flexibility index (Phi) is 4.04. The van der Waals surface area contributed by atoms with Crippen LogP contribution in [-0.4, -0.2) is 23.3 Å². The average Bonchev–Trinajstić information content (AvgIpc) is 2.71. The Bertz CT molecular complexity index is 484. The highest BCUT2D eigenvalue weighted by molar-refractivity contribution is 14.1. The summed E-state index contributed by atoms with van der Waals surface area (Å²) in [5.41, 5.74) is 0.621. The van der Waals surface area contributed by atoms with Gasteiger partial charge in [0.1, 0.15) is 0 Å². The predicted molar refractivity (Wildman–Crippen MR) is 78.1 cm³/mol. The van der Waals surface area contributed by atoms with Gasteiger partial charge in [0.2, 0.25) is 5.91 Å². The fraction of sp³-hybridized carbons (Fsp3) is 0.429. The van der Waals surface area contributed by atoms with Crippen LogP contribution in [-0.2, 0) is 4.79 Å². The Morgan fingerprint density at radius 3 is 2.61 bits per heavy atom. The van der Waals surface area contributed by atoms with Crippen LogP contribution in [0.15, 0.2) is 24.3 Å². The van der Waals surface area contributed by atoms with Crippen LogP contribution < -0.4 is 0 Å². The topological polar surface area (TPSA) is 37.4 Å². The molecule has 3 nitrogen and oxygen atoms in total. The lowest BCUT2D eigenvalue weighted by atomic mass is 9.95. The van der Waals surface area contributed by atoms with Crippen molar-refractivity contribution in [2.45, 2.75) is 20.3 Å². The minimum Gasteiger partial charge on any atom is -0.278 e. The number of imide groups is 1. The number of amides is 2. The molecule has 1 aliphatic heterocycles. The molecular formula is C14H16INO2. The lowest BCUT2D eigenvalue weighted by molar-refractivity contribution is -0.125. The molecule has 0 N–H and O–H groups in total. The molecule has 0 spiro atoms. The van der Waals surface area contributed by atoms with Gasteiger partial charge in [0.25, 0.3) is 5.91 Å². The Morgan fingerprint density at radius 2 is 2.06 bits per heavy atom. The quantitative estimate of drug-likeness (QED) is 0.603. The number of hydrogen-bond acceptors (Lipinski definition) is 2. The third-order valence-electron chi connectivity index (χ3n) is 3.45. The number of carbonyl (C=O) groups excluding carboxylic acids is 2. The summed E-state index contributed by atoms with van der Waals surface area (Å²) in [4.78, 5) is 25.7. The SMILES string of the molecule is CC(C)C1CC(=O)N(C(=O)c2ccccc2I)C1. The predicted octanol–water partition coefficient (Wildman–Crippen LogP) is 2.94. The minimum absolute atomic E-state index is 0.0432. The van der Waals surface area contributed by atoms with E-state index in [2.05, 4.69) is 36.4 Å². The first-order valence-corrected chi connectivity index (χ1v) is 7.17. The van der Waals surface area contributed by atoms with Crippen molar-refractivity contribution in [2.75, 3.05) is 6.54 Å². The standard InChI is InChI=1S/C14H16INO2/c1-9(2)10-7-13(17)16(8-10)14(18)11-5-3-4-6-12(11)15/h3-6,9-10H,7-8H2,1-2H3. The van der Waals surface area contributed by atoms with E-state index in [0.717, 1.165) is 3.57 Å². The van der Waals surface area contributed by atoms with Crippen LogP contribution in [0.4, 0.5) is 0 Å². The second kappa shape index (κ2) is 5.38. The smallest absolute Gasteiger partial charge is 0.261 e. The monoisotopic (exact) mass is 357 g/mol. The molecule has 0 saturated carbocycles. The summed E-state index contributed by atoms with van der Waals surface area (Å²) in [5.74, 6) is 0.524. The average molecular weight is 357 g/mol. The summed E-state index contributed by atoms with van der Waals surface area (Å²) >= 11 is 2.13. The Hall–Kier alpha value is -0.910.